The molecule has 92 valence electrons. The van der Waals surface area contributed by atoms with Crippen LogP contribution >= 0.6 is 0 Å². The van der Waals surface area contributed by atoms with Gasteiger partial charge in [-0.25, -0.2) is 0 Å². The Morgan fingerprint density at radius 3 is 2.39 bits per heavy atom. The van der Waals surface area contributed by atoms with Gasteiger partial charge in [0, 0.05) is 25.9 Å². The molecule has 0 atom stereocenters. The van der Waals surface area contributed by atoms with Crippen LogP contribution in [0.4, 0.5) is 0 Å². The van der Waals surface area contributed by atoms with Crippen molar-refractivity contribution in [3.63, 3.8) is 0 Å². The van der Waals surface area contributed by atoms with E-state index in [0.29, 0.717) is 5.56 Å². The summed E-state index contributed by atoms with van der Waals surface area (Å²) in [6.45, 7) is 0. The highest BCUT2D eigenvalue weighted by molar-refractivity contribution is 6.11. The molecule has 0 aromatic heterocycles. The van der Waals surface area contributed by atoms with E-state index in [1.165, 1.54) is 6.20 Å². The van der Waals surface area contributed by atoms with E-state index in [1.54, 1.807) is 55.4 Å². The number of hydrogen-bond donors (Lipinski definition) is 1. The summed E-state index contributed by atoms with van der Waals surface area (Å²) in [5, 5.41) is 11.0. The highest BCUT2D eigenvalue weighted by Gasteiger charge is 2.14. The molecule has 0 unspecified atom stereocenters. The topological polar surface area (TPSA) is 73.2 Å². The largest absolute Gasteiger partial charge is 0.382 e. The van der Waals surface area contributed by atoms with Crippen LogP contribution in [0.3, 0.4) is 0 Å². The van der Waals surface area contributed by atoms with Crippen molar-refractivity contribution in [2.45, 2.75) is 0 Å². The van der Waals surface area contributed by atoms with Gasteiger partial charge < -0.3 is 4.90 Å². The normalized spacial score (nSPS) is 10.4. The van der Waals surface area contributed by atoms with E-state index in [2.05, 4.69) is 5.32 Å². The number of rotatable bonds is 3. The van der Waals surface area contributed by atoms with Crippen LogP contribution < -0.4 is 5.32 Å². The smallest absolute Gasteiger partial charge is 0.270 e. The number of nitrogens with zero attached hydrogens (tertiary/aromatic N) is 2. The summed E-state index contributed by atoms with van der Waals surface area (Å²) in [5.74, 6) is -1.24. The summed E-state index contributed by atoms with van der Waals surface area (Å²) in [6.07, 6.45) is 1.35. The van der Waals surface area contributed by atoms with Gasteiger partial charge >= 0.3 is 0 Å². The second-order valence-electron chi connectivity index (χ2n) is 3.77. The molecular weight excluding hydrogens is 230 g/mol. The van der Waals surface area contributed by atoms with Crippen LogP contribution in [0.25, 0.3) is 0 Å². The second kappa shape index (κ2) is 6.21. The first kappa shape index (κ1) is 13.5. The Morgan fingerprint density at radius 1 is 1.28 bits per heavy atom. The Bertz CT molecular complexity index is 513. The van der Waals surface area contributed by atoms with Gasteiger partial charge in [0.1, 0.15) is 11.6 Å². The number of nitrogens with one attached hydrogen (secondary N) is 1. The average molecular weight is 243 g/mol. The van der Waals surface area contributed by atoms with Crippen molar-refractivity contribution in [1.82, 2.24) is 10.2 Å². The van der Waals surface area contributed by atoms with Crippen LogP contribution in [0, 0.1) is 11.3 Å². The molecule has 1 aromatic carbocycles. The van der Waals surface area contributed by atoms with Gasteiger partial charge in [0.15, 0.2) is 0 Å². The van der Waals surface area contributed by atoms with E-state index in [-0.39, 0.29) is 5.57 Å². The third kappa shape index (κ3) is 3.76. The summed E-state index contributed by atoms with van der Waals surface area (Å²) < 4.78 is 0. The van der Waals surface area contributed by atoms with Crippen molar-refractivity contribution in [2.75, 3.05) is 14.1 Å². The van der Waals surface area contributed by atoms with Crippen molar-refractivity contribution in [2.24, 2.45) is 0 Å². The fourth-order valence-corrected chi connectivity index (χ4v) is 1.23. The van der Waals surface area contributed by atoms with E-state index in [9.17, 15) is 9.59 Å². The maximum absolute atomic E-state index is 11.7. The molecule has 0 aliphatic heterocycles. The maximum atomic E-state index is 11.7. The monoisotopic (exact) mass is 243 g/mol. The van der Waals surface area contributed by atoms with E-state index in [1.807, 2.05) is 0 Å². The standard InChI is InChI=1S/C13H13N3O2/c1-16(2)9-11(8-14)13(18)15-12(17)10-6-4-3-5-7-10/h3-7,9H,1-2H3,(H,15,17,18). The minimum atomic E-state index is -0.708. The molecular formula is C13H13N3O2. The van der Waals surface area contributed by atoms with E-state index in [4.69, 9.17) is 5.26 Å². The van der Waals surface area contributed by atoms with Crippen molar-refractivity contribution in [3.05, 3.63) is 47.7 Å². The van der Waals surface area contributed by atoms with Gasteiger partial charge in [0.25, 0.3) is 11.8 Å². The van der Waals surface area contributed by atoms with E-state index >= 15 is 0 Å². The molecule has 0 aliphatic carbocycles. The zero-order chi connectivity index (χ0) is 13.5. The number of carbonyl (C=O) groups excluding carboxylic acids is 2. The third-order valence-corrected chi connectivity index (χ3v) is 2.02. The van der Waals surface area contributed by atoms with Crippen LogP contribution in [0.1, 0.15) is 10.4 Å². The Kier molecular flexibility index (Phi) is 4.64. The fourth-order valence-electron chi connectivity index (χ4n) is 1.23. The second-order valence-corrected chi connectivity index (χ2v) is 3.77. The van der Waals surface area contributed by atoms with Crippen molar-refractivity contribution >= 4 is 11.8 Å². The minimum absolute atomic E-state index is 0.121. The zero-order valence-electron chi connectivity index (χ0n) is 10.2. The highest BCUT2D eigenvalue weighted by atomic mass is 16.2. The molecule has 0 saturated heterocycles. The summed E-state index contributed by atoms with van der Waals surface area (Å²) in [4.78, 5) is 24.9. The van der Waals surface area contributed by atoms with Gasteiger partial charge in [0.05, 0.1) is 0 Å². The average Bonchev–Trinajstić information content (AvgIpc) is 2.36. The van der Waals surface area contributed by atoms with Gasteiger partial charge in [-0.15, -0.1) is 0 Å². The van der Waals surface area contributed by atoms with Crippen LogP contribution in [-0.4, -0.2) is 30.8 Å². The van der Waals surface area contributed by atoms with Gasteiger partial charge in [0.2, 0.25) is 0 Å². The first-order chi connectivity index (χ1) is 8.54. The van der Waals surface area contributed by atoms with Gasteiger partial charge in [-0.3, -0.25) is 14.9 Å². The first-order valence-electron chi connectivity index (χ1n) is 5.23. The summed E-state index contributed by atoms with van der Waals surface area (Å²) in [7, 11) is 3.37. The van der Waals surface area contributed by atoms with E-state index in [0.717, 1.165) is 0 Å². The van der Waals surface area contributed by atoms with Crippen LogP contribution in [0.2, 0.25) is 0 Å². The van der Waals surface area contributed by atoms with Crippen LogP contribution in [-0.2, 0) is 4.79 Å². The Hall–Kier alpha value is -2.61. The van der Waals surface area contributed by atoms with Gasteiger partial charge in [-0.05, 0) is 12.1 Å². The Morgan fingerprint density at radius 2 is 1.89 bits per heavy atom. The molecule has 0 fully saturated rings. The summed E-state index contributed by atoms with van der Waals surface area (Å²) in [5.41, 5.74) is 0.247. The molecule has 0 spiro atoms. The molecule has 0 radical (unpaired) electrons. The molecule has 18 heavy (non-hydrogen) atoms. The lowest BCUT2D eigenvalue weighted by atomic mass is 10.2. The lowest BCUT2D eigenvalue weighted by Gasteiger charge is -2.06. The molecule has 5 heteroatoms. The summed E-state index contributed by atoms with van der Waals surface area (Å²) >= 11 is 0. The quantitative estimate of drug-likeness (QED) is 0.632. The molecule has 0 saturated carbocycles. The summed E-state index contributed by atoms with van der Waals surface area (Å²) in [6, 6.07) is 10.1. The lowest BCUT2D eigenvalue weighted by Crippen LogP contribution is -2.31. The predicted octanol–water partition coefficient (Wildman–Crippen LogP) is 0.912. The van der Waals surface area contributed by atoms with E-state index < -0.39 is 11.8 Å². The number of carbonyl (C=O) groups is 2. The van der Waals surface area contributed by atoms with Crippen molar-refractivity contribution in [3.8, 4) is 6.07 Å². The van der Waals surface area contributed by atoms with Crippen molar-refractivity contribution < 1.29 is 9.59 Å². The van der Waals surface area contributed by atoms with Crippen LogP contribution in [0.5, 0.6) is 0 Å². The Labute approximate surface area is 105 Å². The van der Waals surface area contributed by atoms with Gasteiger partial charge in [-0.2, -0.15) is 5.26 Å². The lowest BCUT2D eigenvalue weighted by molar-refractivity contribution is -0.116. The SMILES string of the molecule is CN(C)C=C(C#N)C(=O)NC(=O)c1ccccc1. The molecule has 0 bridgehead atoms. The van der Waals surface area contributed by atoms with Crippen LogP contribution in [0.15, 0.2) is 42.1 Å². The van der Waals surface area contributed by atoms with Gasteiger partial charge in [-0.1, -0.05) is 18.2 Å². The molecule has 1 rings (SSSR count). The number of benzene rings is 1. The molecule has 0 aliphatic rings. The van der Waals surface area contributed by atoms with Crippen molar-refractivity contribution in [1.29, 1.82) is 5.26 Å². The number of hydrogen-bond acceptors (Lipinski definition) is 4. The third-order valence-electron chi connectivity index (χ3n) is 2.02. The highest BCUT2D eigenvalue weighted by Crippen LogP contribution is 2.00. The molecule has 2 amide bonds. The molecule has 1 aromatic rings. The predicted molar refractivity (Wildman–Crippen MR) is 66.3 cm³/mol. The number of nitriles is 1. The number of imide groups is 1. The molecule has 0 heterocycles. The first-order valence-corrected chi connectivity index (χ1v) is 5.23. The Balaban J connectivity index is 2.77. The fraction of sp³-hybridized carbons (Fsp3) is 0.154. The molecule has 1 N–H and O–H groups in total. The zero-order valence-corrected chi connectivity index (χ0v) is 10.2. The minimum Gasteiger partial charge on any atom is -0.382 e. The maximum Gasteiger partial charge on any atom is 0.270 e. The molecule has 5 nitrogen and oxygen atoms in total. The number of amides is 2.